The summed E-state index contributed by atoms with van der Waals surface area (Å²) in [6, 6.07) is 64.6. The lowest BCUT2D eigenvalue weighted by Gasteiger charge is -2.26. The van der Waals surface area contributed by atoms with Crippen LogP contribution in [0.5, 0.6) is 0 Å². The average molecular weight is 619 g/mol. The van der Waals surface area contributed by atoms with Crippen molar-refractivity contribution in [2.45, 2.75) is 17.3 Å². The lowest BCUT2D eigenvalue weighted by atomic mass is 9.76. The second-order valence-corrected chi connectivity index (χ2v) is 12.7. The predicted octanol–water partition coefficient (Wildman–Crippen LogP) is 11.1. The zero-order valence-electron chi connectivity index (χ0n) is 26.5. The minimum absolute atomic E-state index is 0.478. The van der Waals surface area contributed by atoms with Gasteiger partial charge in [0.15, 0.2) is 0 Å². The van der Waals surface area contributed by atoms with Gasteiger partial charge in [0.1, 0.15) is 5.41 Å². The minimum Gasteiger partial charge on any atom is -0.481 e. The van der Waals surface area contributed by atoms with Gasteiger partial charge in [-0.15, -0.1) is 0 Å². The number of hydrogen-bond donors (Lipinski definition) is 1. The number of carboxylic acid groups (broad SMARTS) is 1. The maximum atomic E-state index is 13.7. The third-order valence-electron chi connectivity index (χ3n) is 10.1. The van der Waals surface area contributed by atoms with Crippen LogP contribution in [0.2, 0.25) is 0 Å². The molecule has 8 rings (SSSR count). The monoisotopic (exact) mass is 618 g/mol. The number of hydrogen-bond acceptors (Lipinski definition) is 1. The molecule has 1 atom stereocenters. The van der Waals surface area contributed by atoms with Gasteiger partial charge < -0.3 is 5.11 Å². The fourth-order valence-corrected chi connectivity index (χ4v) is 7.57. The first-order chi connectivity index (χ1) is 23.6. The van der Waals surface area contributed by atoms with Crippen molar-refractivity contribution in [2.24, 2.45) is 0 Å². The molecule has 0 aromatic heterocycles. The predicted molar refractivity (Wildman–Crippen MR) is 196 cm³/mol. The zero-order valence-corrected chi connectivity index (χ0v) is 26.5. The highest BCUT2D eigenvalue weighted by molar-refractivity contribution is 5.93. The SMILES string of the molecule is O=C(O)[C@@]1(c2cc(-c3ccc(-c4ccccc4)cc3)cc(-c3ccc(-c4ccccc4)cc3)c2)CC1(c1ccccc1)c1ccccc1. The van der Waals surface area contributed by atoms with E-state index in [0.29, 0.717) is 6.42 Å². The molecule has 0 unspecified atom stereocenters. The Balaban J connectivity index is 1.30. The summed E-state index contributed by atoms with van der Waals surface area (Å²) in [7, 11) is 0. The molecule has 1 saturated carbocycles. The molecule has 1 aliphatic carbocycles. The van der Waals surface area contributed by atoms with Gasteiger partial charge in [0.25, 0.3) is 0 Å². The van der Waals surface area contributed by atoms with Gasteiger partial charge in [-0.1, -0.05) is 170 Å². The number of carboxylic acids is 1. The van der Waals surface area contributed by atoms with E-state index in [1.165, 1.54) is 0 Å². The summed E-state index contributed by atoms with van der Waals surface area (Å²) in [5.41, 5.74) is 9.70. The summed E-state index contributed by atoms with van der Waals surface area (Å²) in [4.78, 5) is 13.7. The first-order valence-corrected chi connectivity index (χ1v) is 16.4. The van der Waals surface area contributed by atoms with E-state index >= 15 is 0 Å². The van der Waals surface area contributed by atoms with Gasteiger partial charge in [0.05, 0.1) is 0 Å². The Morgan fingerprint density at radius 3 is 1.04 bits per heavy atom. The number of benzene rings is 7. The molecule has 0 heterocycles. The highest BCUT2D eigenvalue weighted by Gasteiger charge is 2.74. The van der Waals surface area contributed by atoms with Crippen LogP contribution in [0.25, 0.3) is 44.5 Å². The summed E-state index contributed by atoms with van der Waals surface area (Å²) in [5, 5.41) is 11.3. The van der Waals surface area contributed by atoms with Crippen molar-refractivity contribution in [3.05, 3.63) is 205 Å². The van der Waals surface area contributed by atoms with Crippen molar-refractivity contribution < 1.29 is 9.90 Å². The Hall–Kier alpha value is -5.99. The minimum atomic E-state index is -1.14. The van der Waals surface area contributed by atoms with Gasteiger partial charge in [-0.05, 0) is 85.8 Å². The van der Waals surface area contributed by atoms with Crippen LogP contribution in [0.1, 0.15) is 23.1 Å². The van der Waals surface area contributed by atoms with E-state index in [1.54, 1.807) is 0 Å². The van der Waals surface area contributed by atoms with Crippen molar-refractivity contribution in [1.82, 2.24) is 0 Å². The topological polar surface area (TPSA) is 37.3 Å². The molecule has 2 heteroatoms. The van der Waals surface area contributed by atoms with E-state index in [9.17, 15) is 9.90 Å². The van der Waals surface area contributed by atoms with Gasteiger partial charge >= 0.3 is 5.97 Å². The quantitative estimate of drug-likeness (QED) is 0.184. The molecule has 48 heavy (non-hydrogen) atoms. The van der Waals surface area contributed by atoms with E-state index in [-0.39, 0.29) is 0 Å². The largest absolute Gasteiger partial charge is 0.481 e. The Kier molecular flexibility index (Phi) is 7.34. The fraction of sp³-hybridized carbons (Fsp3) is 0.0652. The Bertz CT molecular complexity index is 2050. The molecule has 1 N–H and O–H groups in total. The molecule has 0 saturated heterocycles. The molecule has 7 aromatic rings. The van der Waals surface area contributed by atoms with Gasteiger partial charge in [0.2, 0.25) is 0 Å². The molecule has 1 aliphatic rings. The third-order valence-corrected chi connectivity index (χ3v) is 10.1. The van der Waals surface area contributed by atoms with Crippen molar-refractivity contribution in [2.75, 3.05) is 0 Å². The van der Waals surface area contributed by atoms with Crippen LogP contribution >= 0.6 is 0 Å². The molecule has 1 fully saturated rings. The van der Waals surface area contributed by atoms with Crippen molar-refractivity contribution in [3.8, 4) is 44.5 Å². The highest BCUT2D eigenvalue weighted by atomic mass is 16.4. The van der Waals surface area contributed by atoms with Crippen molar-refractivity contribution in [3.63, 3.8) is 0 Å². The normalized spacial score (nSPS) is 16.2. The maximum absolute atomic E-state index is 13.7. The molecular formula is C46H34O2. The van der Waals surface area contributed by atoms with Crippen LogP contribution in [0.15, 0.2) is 188 Å². The highest BCUT2D eigenvalue weighted by Crippen LogP contribution is 2.69. The van der Waals surface area contributed by atoms with Crippen LogP contribution in [0.3, 0.4) is 0 Å². The Morgan fingerprint density at radius 2 is 0.688 bits per heavy atom. The zero-order chi connectivity index (χ0) is 32.6. The number of aliphatic carboxylic acids is 1. The molecule has 0 bridgehead atoms. The van der Waals surface area contributed by atoms with Crippen molar-refractivity contribution in [1.29, 1.82) is 0 Å². The van der Waals surface area contributed by atoms with E-state index in [2.05, 4.69) is 140 Å². The smallest absolute Gasteiger partial charge is 0.315 e. The number of carbonyl (C=O) groups is 1. The van der Waals surface area contributed by atoms with Gasteiger partial charge in [0, 0.05) is 5.41 Å². The van der Waals surface area contributed by atoms with Crippen LogP contribution in [0, 0.1) is 0 Å². The van der Waals surface area contributed by atoms with Crippen LogP contribution in [0.4, 0.5) is 0 Å². The number of rotatable bonds is 8. The maximum Gasteiger partial charge on any atom is 0.315 e. The molecule has 0 spiro atoms. The summed E-state index contributed by atoms with van der Waals surface area (Å²) >= 11 is 0. The van der Waals surface area contributed by atoms with Crippen LogP contribution in [-0.4, -0.2) is 11.1 Å². The van der Waals surface area contributed by atoms with Gasteiger partial charge in [-0.3, -0.25) is 4.79 Å². The Labute approximate surface area is 281 Å². The second-order valence-electron chi connectivity index (χ2n) is 12.7. The third kappa shape index (κ3) is 4.94. The van der Waals surface area contributed by atoms with Crippen molar-refractivity contribution >= 4 is 5.97 Å². The molecule has 230 valence electrons. The molecule has 0 amide bonds. The van der Waals surface area contributed by atoms with E-state index < -0.39 is 16.8 Å². The first-order valence-electron chi connectivity index (χ1n) is 16.4. The molecule has 0 aliphatic heterocycles. The van der Waals surface area contributed by atoms with E-state index in [1.807, 2.05) is 48.5 Å². The summed E-state index contributed by atoms with van der Waals surface area (Å²) in [5.74, 6) is -0.808. The lowest BCUT2D eigenvalue weighted by Crippen LogP contribution is -2.31. The van der Waals surface area contributed by atoms with Gasteiger partial charge in [-0.25, -0.2) is 0 Å². The Morgan fingerprint density at radius 1 is 0.375 bits per heavy atom. The van der Waals surface area contributed by atoms with Crippen LogP contribution < -0.4 is 0 Å². The molecule has 0 radical (unpaired) electrons. The molecular weight excluding hydrogens is 585 g/mol. The second kappa shape index (κ2) is 12.0. The summed E-state index contributed by atoms with van der Waals surface area (Å²) in [6.07, 6.45) is 0.478. The summed E-state index contributed by atoms with van der Waals surface area (Å²) < 4.78 is 0. The molecule has 2 nitrogen and oxygen atoms in total. The van der Waals surface area contributed by atoms with E-state index in [0.717, 1.165) is 61.2 Å². The van der Waals surface area contributed by atoms with Gasteiger partial charge in [-0.2, -0.15) is 0 Å². The average Bonchev–Trinajstić information content (AvgIpc) is 3.90. The molecule has 7 aromatic carbocycles. The lowest BCUT2D eigenvalue weighted by molar-refractivity contribution is -0.140. The fourth-order valence-electron chi connectivity index (χ4n) is 7.57. The first kappa shape index (κ1) is 29.4. The standard InChI is InChI=1S/C46H34O2/c47-44(48)46(32-45(46,41-17-9-3-10-18-41)42-19-11-4-12-20-42)43-30-39(37-25-21-35(22-26-37)33-13-5-1-6-14-33)29-40(31-43)38-27-23-36(24-28-38)34-15-7-2-8-16-34/h1-31H,32H2,(H,47,48)/t46-/m0/s1. The summed E-state index contributed by atoms with van der Waals surface area (Å²) in [6.45, 7) is 0. The van der Waals surface area contributed by atoms with E-state index in [4.69, 9.17) is 0 Å². The van der Waals surface area contributed by atoms with Crippen LogP contribution in [-0.2, 0) is 15.6 Å².